The molecule has 30 heavy (non-hydrogen) atoms. The Kier molecular flexibility index (Phi) is 6.07. The molecule has 0 saturated heterocycles. The Bertz CT molecular complexity index is 1120. The molecule has 0 fully saturated rings. The number of benzene rings is 2. The maximum atomic E-state index is 11.4. The van der Waals surface area contributed by atoms with Gasteiger partial charge in [-0.2, -0.15) is 0 Å². The van der Waals surface area contributed by atoms with Gasteiger partial charge in [-0.15, -0.1) is 0 Å². The van der Waals surface area contributed by atoms with E-state index in [9.17, 15) is 14.4 Å². The maximum absolute atomic E-state index is 11.4. The normalized spacial score (nSPS) is 11.3. The number of phosphoric ester groups is 1. The molecular weight excluding hydrogens is 413 g/mol. The molecule has 0 bridgehead atoms. The minimum atomic E-state index is -4.84. The summed E-state index contributed by atoms with van der Waals surface area (Å²) in [6.07, 6.45) is 1.50. The van der Waals surface area contributed by atoms with Crippen molar-refractivity contribution in [1.29, 1.82) is 0 Å². The van der Waals surface area contributed by atoms with Gasteiger partial charge in [0.2, 0.25) is 5.75 Å². The fraction of sp³-hybridized carbons (Fsp3) is 0.250. The van der Waals surface area contributed by atoms with Gasteiger partial charge in [-0.25, -0.2) is 4.57 Å². The largest absolute Gasteiger partial charge is 0.524 e. The van der Waals surface area contributed by atoms with Crippen LogP contribution in [0.2, 0.25) is 0 Å². The molecule has 0 aliphatic heterocycles. The summed E-state index contributed by atoms with van der Waals surface area (Å²) in [4.78, 5) is 18.5. The Morgan fingerprint density at radius 2 is 1.53 bits per heavy atom. The maximum Gasteiger partial charge on any atom is 0.524 e. The molecule has 0 unspecified atom stereocenters. The van der Waals surface area contributed by atoms with E-state index in [0.717, 1.165) is 16.7 Å². The first-order valence-electron chi connectivity index (χ1n) is 8.80. The van der Waals surface area contributed by atoms with Crippen LogP contribution in [0.1, 0.15) is 11.1 Å². The standard InChI is InChI=1S/C20H22NO8P/c1-11-6-14(9-16(25-3)12(11)2)19-15(10-21-28-19)13-7-17(26-4)20(27-5)18(8-13)29-30(22,23)24/h6-10H,1-5H3,(H2,22,23,24). The number of aromatic nitrogens is 1. The molecular formula is C20H22NO8P. The Labute approximate surface area is 173 Å². The third-order valence-electron chi connectivity index (χ3n) is 4.65. The molecule has 0 aliphatic rings. The number of phosphoric acid groups is 1. The average molecular weight is 435 g/mol. The molecule has 0 saturated carbocycles. The third kappa shape index (κ3) is 4.28. The van der Waals surface area contributed by atoms with Crippen LogP contribution >= 0.6 is 7.82 Å². The zero-order valence-electron chi connectivity index (χ0n) is 17.1. The Morgan fingerprint density at radius 3 is 2.13 bits per heavy atom. The van der Waals surface area contributed by atoms with Crippen LogP contribution in [0.25, 0.3) is 22.5 Å². The second kappa shape index (κ2) is 8.39. The predicted molar refractivity (Wildman–Crippen MR) is 109 cm³/mol. The topological polar surface area (TPSA) is 120 Å². The second-order valence-corrected chi connectivity index (χ2v) is 7.64. The molecule has 10 heteroatoms. The molecule has 160 valence electrons. The molecule has 0 atom stereocenters. The number of methoxy groups -OCH3 is 3. The lowest BCUT2D eigenvalue weighted by molar-refractivity contribution is 0.273. The molecule has 9 nitrogen and oxygen atoms in total. The van der Waals surface area contributed by atoms with Crippen molar-refractivity contribution in [2.24, 2.45) is 0 Å². The summed E-state index contributed by atoms with van der Waals surface area (Å²) in [6.45, 7) is 3.92. The van der Waals surface area contributed by atoms with Crippen LogP contribution in [0.5, 0.6) is 23.0 Å². The highest BCUT2D eigenvalue weighted by molar-refractivity contribution is 7.46. The van der Waals surface area contributed by atoms with Gasteiger partial charge in [-0.1, -0.05) is 5.16 Å². The molecule has 0 amide bonds. The summed E-state index contributed by atoms with van der Waals surface area (Å²) in [7, 11) is -0.497. The molecule has 2 aromatic carbocycles. The number of hydrogen-bond acceptors (Lipinski definition) is 7. The zero-order valence-corrected chi connectivity index (χ0v) is 18.0. The fourth-order valence-electron chi connectivity index (χ4n) is 3.10. The molecule has 2 N–H and O–H groups in total. The SMILES string of the molecule is COc1cc(-c2oncc2-c2cc(OC)c(OC)c(OP(=O)(O)O)c2)cc(C)c1C. The van der Waals surface area contributed by atoms with E-state index in [1.165, 1.54) is 26.5 Å². The van der Waals surface area contributed by atoms with Gasteiger partial charge in [0.1, 0.15) is 5.75 Å². The molecule has 0 spiro atoms. The van der Waals surface area contributed by atoms with Gasteiger partial charge in [0.05, 0.1) is 27.5 Å². The number of hydrogen-bond donors (Lipinski definition) is 2. The first-order chi connectivity index (χ1) is 14.2. The molecule has 1 aromatic heterocycles. The van der Waals surface area contributed by atoms with E-state index in [1.54, 1.807) is 13.2 Å². The average Bonchev–Trinajstić information content (AvgIpc) is 3.18. The summed E-state index contributed by atoms with van der Waals surface area (Å²) in [6, 6.07) is 6.84. The minimum absolute atomic E-state index is 0.0513. The number of aryl methyl sites for hydroxylation is 1. The van der Waals surface area contributed by atoms with Crippen molar-refractivity contribution in [3.63, 3.8) is 0 Å². The van der Waals surface area contributed by atoms with Gasteiger partial charge < -0.3 is 23.3 Å². The fourth-order valence-corrected chi connectivity index (χ4v) is 3.50. The highest BCUT2D eigenvalue weighted by Gasteiger charge is 2.25. The van der Waals surface area contributed by atoms with Crippen LogP contribution in [0.15, 0.2) is 35.0 Å². The van der Waals surface area contributed by atoms with Gasteiger partial charge in [-0.3, -0.25) is 9.79 Å². The van der Waals surface area contributed by atoms with Crippen molar-refractivity contribution in [3.8, 4) is 45.4 Å². The summed E-state index contributed by atoms with van der Waals surface area (Å²) >= 11 is 0. The van der Waals surface area contributed by atoms with Crippen LogP contribution in [0.3, 0.4) is 0 Å². The van der Waals surface area contributed by atoms with E-state index in [1.807, 2.05) is 26.0 Å². The lowest BCUT2D eigenvalue weighted by Gasteiger charge is -2.16. The highest BCUT2D eigenvalue weighted by Crippen LogP contribution is 2.49. The summed E-state index contributed by atoms with van der Waals surface area (Å²) in [5.74, 6) is 1.25. The van der Waals surface area contributed by atoms with Crippen molar-refractivity contribution in [2.75, 3.05) is 21.3 Å². The second-order valence-electron chi connectivity index (χ2n) is 6.48. The van der Waals surface area contributed by atoms with E-state index in [0.29, 0.717) is 22.6 Å². The molecule has 0 aliphatic carbocycles. The smallest absolute Gasteiger partial charge is 0.496 e. The first-order valence-corrected chi connectivity index (χ1v) is 10.3. The van der Waals surface area contributed by atoms with Gasteiger partial charge in [-0.05, 0) is 54.8 Å². The molecule has 0 radical (unpaired) electrons. The van der Waals surface area contributed by atoms with Crippen LogP contribution in [0, 0.1) is 13.8 Å². The van der Waals surface area contributed by atoms with Crippen molar-refractivity contribution in [3.05, 3.63) is 41.6 Å². The molecule has 3 aromatic rings. The quantitative estimate of drug-likeness (QED) is 0.528. The first kappa shape index (κ1) is 21.7. The molecule has 3 rings (SSSR count). The Balaban J connectivity index is 2.19. The number of rotatable bonds is 7. The minimum Gasteiger partial charge on any atom is -0.496 e. The van der Waals surface area contributed by atoms with Crippen LogP contribution < -0.4 is 18.7 Å². The van der Waals surface area contributed by atoms with E-state index >= 15 is 0 Å². The highest BCUT2D eigenvalue weighted by atomic mass is 31.2. The van der Waals surface area contributed by atoms with Gasteiger partial charge in [0.15, 0.2) is 17.3 Å². The van der Waals surface area contributed by atoms with Crippen LogP contribution in [0.4, 0.5) is 0 Å². The number of ether oxygens (including phenoxy) is 3. The summed E-state index contributed by atoms with van der Waals surface area (Å²) in [5.41, 5.74) is 3.81. The van der Waals surface area contributed by atoms with E-state index < -0.39 is 7.82 Å². The van der Waals surface area contributed by atoms with Crippen molar-refractivity contribution in [1.82, 2.24) is 5.16 Å². The van der Waals surface area contributed by atoms with Crippen molar-refractivity contribution < 1.29 is 37.6 Å². The van der Waals surface area contributed by atoms with Gasteiger partial charge in [0.25, 0.3) is 0 Å². The van der Waals surface area contributed by atoms with E-state index in [2.05, 4.69) is 5.16 Å². The van der Waals surface area contributed by atoms with E-state index in [4.69, 9.17) is 23.3 Å². The van der Waals surface area contributed by atoms with E-state index in [-0.39, 0.29) is 17.2 Å². The van der Waals surface area contributed by atoms with Gasteiger partial charge >= 0.3 is 7.82 Å². The van der Waals surface area contributed by atoms with Gasteiger partial charge in [0, 0.05) is 11.1 Å². The number of nitrogens with zero attached hydrogens (tertiary/aromatic N) is 1. The lowest BCUT2D eigenvalue weighted by Crippen LogP contribution is -1.98. The Morgan fingerprint density at radius 1 is 0.900 bits per heavy atom. The van der Waals surface area contributed by atoms with Crippen molar-refractivity contribution >= 4 is 7.82 Å². The summed E-state index contributed by atoms with van der Waals surface area (Å²) in [5, 5.41) is 3.90. The lowest BCUT2D eigenvalue weighted by atomic mass is 9.98. The Hall–Kier alpha value is -3.00. The van der Waals surface area contributed by atoms with Crippen molar-refractivity contribution in [2.45, 2.75) is 13.8 Å². The summed E-state index contributed by atoms with van der Waals surface area (Å²) < 4.78 is 37.7. The van der Waals surface area contributed by atoms with Crippen LogP contribution in [-0.2, 0) is 4.57 Å². The molecule has 1 heterocycles. The monoisotopic (exact) mass is 435 g/mol. The third-order valence-corrected chi connectivity index (χ3v) is 5.08. The predicted octanol–water partition coefficient (Wildman–Crippen LogP) is 4.12. The zero-order chi connectivity index (χ0) is 22.1. The van der Waals surface area contributed by atoms with Crippen LogP contribution in [-0.4, -0.2) is 36.3 Å².